The molecule has 0 aromatic rings. The van der Waals surface area contributed by atoms with Crippen LogP contribution in [-0.4, -0.2) is 12.0 Å². The van der Waals surface area contributed by atoms with Crippen molar-refractivity contribution >= 4 is 11.8 Å². The van der Waals surface area contributed by atoms with Crippen LogP contribution in [0.5, 0.6) is 0 Å². The topological polar surface area (TPSA) is 0 Å². The predicted molar refractivity (Wildman–Crippen MR) is 60.9 cm³/mol. The van der Waals surface area contributed by atoms with Gasteiger partial charge in [0.2, 0.25) is 0 Å². The van der Waals surface area contributed by atoms with Gasteiger partial charge >= 0.3 is 0 Å². The number of thioether (sulfide) groups is 1. The molecule has 0 aromatic carbocycles. The molecule has 0 nitrogen and oxygen atoms in total. The van der Waals surface area contributed by atoms with Gasteiger partial charge in [0.25, 0.3) is 0 Å². The summed E-state index contributed by atoms with van der Waals surface area (Å²) in [6, 6.07) is 0. The second kappa shape index (κ2) is 7.97. The molecule has 1 atom stereocenters. The molecule has 1 unspecified atom stereocenters. The molecule has 0 saturated carbocycles. The van der Waals surface area contributed by atoms with Crippen molar-refractivity contribution in [3.8, 4) is 0 Å². The highest BCUT2D eigenvalue weighted by Gasteiger charge is 2.08. The van der Waals surface area contributed by atoms with Gasteiger partial charge in [0.05, 0.1) is 0 Å². The SMILES string of the molecule is CCCC(CCSC)CC(C)C. The number of hydrogen-bond donors (Lipinski definition) is 0. The van der Waals surface area contributed by atoms with Crippen LogP contribution in [0.3, 0.4) is 0 Å². The Morgan fingerprint density at radius 3 is 2.25 bits per heavy atom. The first-order valence-corrected chi connectivity index (χ1v) is 6.59. The monoisotopic (exact) mass is 188 g/mol. The maximum absolute atomic E-state index is 2.34. The second-order valence-corrected chi connectivity index (χ2v) is 5.05. The lowest BCUT2D eigenvalue weighted by Gasteiger charge is -2.17. The van der Waals surface area contributed by atoms with Gasteiger partial charge in [-0.05, 0) is 36.7 Å². The van der Waals surface area contributed by atoms with E-state index < -0.39 is 0 Å². The first-order chi connectivity index (χ1) is 5.70. The average molecular weight is 188 g/mol. The molecule has 0 heterocycles. The van der Waals surface area contributed by atoms with E-state index in [-0.39, 0.29) is 0 Å². The van der Waals surface area contributed by atoms with Gasteiger partial charge in [-0.25, -0.2) is 0 Å². The first kappa shape index (κ1) is 12.3. The molecule has 0 fully saturated rings. The van der Waals surface area contributed by atoms with Crippen LogP contribution in [0, 0.1) is 11.8 Å². The second-order valence-electron chi connectivity index (χ2n) is 4.07. The Kier molecular flexibility index (Phi) is 8.20. The quantitative estimate of drug-likeness (QED) is 0.577. The minimum absolute atomic E-state index is 0.878. The van der Waals surface area contributed by atoms with Crippen LogP contribution < -0.4 is 0 Å². The van der Waals surface area contributed by atoms with E-state index in [2.05, 4.69) is 27.0 Å². The smallest absolute Gasteiger partial charge is 0.00677 e. The van der Waals surface area contributed by atoms with Gasteiger partial charge in [0, 0.05) is 0 Å². The highest BCUT2D eigenvalue weighted by Crippen LogP contribution is 2.21. The van der Waals surface area contributed by atoms with E-state index in [9.17, 15) is 0 Å². The molecular weight excluding hydrogens is 164 g/mol. The van der Waals surface area contributed by atoms with Gasteiger partial charge in [-0.1, -0.05) is 33.6 Å². The normalized spacial score (nSPS) is 13.8. The summed E-state index contributed by atoms with van der Waals surface area (Å²) in [6.07, 6.45) is 7.84. The van der Waals surface area contributed by atoms with E-state index in [0.29, 0.717) is 0 Å². The first-order valence-electron chi connectivity index (χ1n) is 5.19. The molecule has 0 aromatic heterocycles. The summed E-state index contributed by atoms with van der Waals surface area (Å²) >= 11 is 1.98. The van der Waals surface area contributed by atoms with Crippen molar-refractivity contribution in [1.29, 1.82) is 0 Å². The summed E-state index contributed by atoms with van der Waals surface area (Å²) in [5.41, 5.74) is 0. The number of rotatable bonds is 7. The van der Waals surface area contributed by atoms with Crippen molar-refractivity contribution in [2.45, 2.75) is 46.5 Å². The van der Waals surface area contributed by atoms with E-state index in [1.54, 1.807) is 0 Å². The van der Waals surface area contributed by atoms with E-state index in [4.69, 9.17) is 0 Å². The Balaban J connectivity index is 3.54. The van der Waals surface area contributed by atoms with Gasteiger partial charge in [0.15, 0.2) is 0 Å². The van der Waals surface area contributed by atoms with Crippen LogP contribution in [0.25, 0.3) is 0 Å². The van der Waals surface area contributed by atoms with E-state index in [1.165, 1.54) is 31.4 Å². The van der Waals surface area contributed by atoms with Crippen LogP contribution in [-0.2, 0) is 0 Å². The van der Waals surface area contributed by atoms with Crippen molar-refractivity contribution in [3.63, 3.8) is 0 Å². The molecule has 0 bridgehead atoms. The highest BCUT2D eigenvalue weighted by molar-refractivity contribution is 7.98. The Hall–Kier alpha value is 0.350. The molecule has 0 saturated heterocycles. The van der Waals surface area contributed by atoms with E-state index in [1.807, 2.05) is 11.8 Å². The summed E-state index contributed by atoms with van der Waals surface area (Å²) in [5.74, 6) is 3.21. The molecule has 0 radical (unpaired) electrons. The van der Waals surface area contributed by atoms with Crippen molar-refractivity contribution in [1.82, 2.24) is 0 Å². The molecule has 0 aliphatic heterocycles. The van der Waals surface area contributed by atoms with Crippen LogP contribution in [0.15, 0.2) is 0 Å². The van der Waals surface area contributed by atoms with E-state index >= 15 is 0 Å². The summed E-state index contributed by atoms with van der Waals surface area (Å²) in [5, 5.41) is 0. The third-order valence-electron chi connectivity index (χ3n) is 2.23. The van der Waals surface area contributed by atoms with Crippen molar-refractivity contribution < 1.29 is 0 Å². The predicted octanol–water partition coefficient (Wildman–Crippen LogP) is 4.20. The fraction of sp³-hybridized carbons (Fsp3) is 1.00. The molecule has 0 rings (SSSR count). The fourth-order valence-corrected chi connectivity index (χ4v) is 2.31. The van der Waals surface area contributed by atoms with Gasteiger partial charge in [-0.3, -0.25) is 0 Å². The zero-order chi connectivity index (χ0) is 9.40. The van der Waals surface area contributed by atoms with Crippen LogP contribution in [0.1, 0.15) is 46.5 Å². The molecule has 1 heteroatoms. The fourth-order valence-electron chi connectivity index (χ4n) is 1.74. The summed E-state index contributed by atoms with van der Waals surface area (Å²) in [4.78, 5) is 0. The summed E-state index contributed by atoms with van der Waals surface area (Å²) in [7, 11) is 0. The Morgan fingerprint density at radius 2 is 1.83 bits per heavy atom. The lowest BCUT2D eigenvalue weighted by atomic mass is 9.91. The van der Waals surface area contributed by atoms with Gasteiger partial charge in [-0.2, -0.15) is 11.8 Å². The van der Waals surface area contributed by atoms with Gasteiger partial charge in [-0.15, -0.1) is 0 Å². The van der Waals surface area contributed by atoms with Crippen LogP contribution in [0.4, 0.5) is 0 Å². The maximum atomic E-state index is 2.34. The van der Waals surface area contributed by atoms with Gasteiger partial charge < -0.3 is 0 Å². The molecule has 0 aliphatic rings. The third-order valence-corrected chi connectivity index (χ3v) is 2.88. The zero-order valence-electron chi connectivity index (χ0n) is 9.10. The Bertz CT molecular complexity index is 89.0. The number of hydrogen-bond acceptors (Lipinski definition) is 1. The Morgan fingerprint density at radius 1 is 1.17 bits per heavy atom. The van der Waals surface area contributed by atoms with Crippen LogP contribution >= 0.6 is 11.8 Å². The third kappa shape index (κ3) is 7.02. The minimum atomic E-state index is 0.878. The van der Waals surface area contributed by atoms with Crippen molar-refractivity contribution in [2.75, 3.05) is 12.0 Å². The summed E-state index contributed by atoms with van der Waals surface area (Å²) in [6.45, 7) is 6.97. The minimum Gasteiger partial charge on any atom is -0.165 e. The zero-order valence-corrected chi connectivity index (χ0v) is 9.91. The van der Waals surface area contributed by atoms with Crippen molar-refractivity contribution in [3.05, 3.63) is 0 Å². The summed E-state index contributed by atoms with van der Waals surface area (Å²) < 4.78 is 0. The lowest BCUT2D eigenvalue weighted by molar-refractivity contribution is 0.375. The standard InChI is InChI=1S/C11H24S/c1-5-6-11(7-8-12-4)9-10(2)3/h10-11H,5-9H2,1-4H3. The van der Waals surface area contributed by atoms with E-state index in [0.717, 1.165) is 11.8 Å². The Labute approximate surface area is 82.5 Å². The maximum Gasteiger partial charge on any atom is -0.00677 e. The van der Waals surface area contributed by atoms with Gasteiger partial charge in [0.1, 0.15) is 0 Å². The van der Waals surface area contributed by atoms with Crippen molar-refractivity contribution in [2.24, 2.45) is 11.8 Å². The molecule has 0 aliphatic carbocycles. The molecule has 74 valence electrons. The van der Waals surface area contributed by atoms with Crippen LogP contribution in [0.2, 0.25) is 0 Å². The molecule has 0 N–H and O–H groups in total. The molecular formula is C11H24S. The molecule has 0 spiro atoms. The molecule has 12 heavy (non-hydrogen) atoms. The largest absolute Gasteiger partial charge is 0.165 e. The lowest BCUT2D eigenvalue weighted by Crippen LogP contribution is -2.05. The molecule has 0 amide bonds. The average Bonchev–Trinajstić information content (AvgIpc) is 2.00. The highest BCUT2D eigenvalue weighted by atomic mass is 32.2.